The van der Waals surface area contributed by atoms with Gasteiger partial charge in [-0.3, -0.25) is 14.5 Å². The molecule has 0 aromatic rings. The number of likely N-dealkylation sites (N-methyl/N-ethyl adjacent to an activating group) is 1. The molecule has 23 heavy (non-hydrogen) atoms. The molecule has 1 saturated heterocycles. The van der Waals surface area contributed by atoms with Crippen LogP contribution in [0.3, 0.4) is 0 Å². The molecule has 0 aromatic carbocycles. The average Bonchev–Trinajstić information content (AvgIpc) is 2.45. The van der Waals surface area contributed by atoms with Crippen LogP contribution in [0, 0.1) is 5.92 Å². The highest BCUT2D eigenvalue weighted by Gasteiger charge is 2.59. The zero-order valence-corrected chi connectivity index (χ0v) is 16.8. The van der Waals surface area contributed by atoms with Crippen LogP contribution in [-0.4, -0.2) is 66.8 Å². The molecule has 0 bridgehead atoms. The smallest absolute Gasteiger partial charge is 0.221 e. The third-order valence-electron chi connectivity index (χ3n) is 5.70. The first-order valence-electron chi connectivity index (χ1n) is 8.72. The third-order valence-corrected chi connectivity index (χ3v) is 11.1. The van der Waals surface area contributed by atoms with E-state index in [0.717, 1.165) is 13.1 Å². The van der Waals surface area contributed by atoms with Crippen LogP contribution in [0.25, 0.3) is 0 Å². The van der Waals surface area contributed by atoms with Gasteiger partial charge >= 0.3 is 0 Å². The van der Waals surface area contributed by atoms with E-state index in [1.807, 2.05) is 18.4 Å². The van der Waals surface area contributed by atoms with E-state index in [1.54, 1.807) is 0 Å². The summed E-state index contributed by atoms with van der Waals surface area (Å²) in [5.41, 5.74) is 0. The highest BCUT2D eigenvalue weighted by molar-refractivity contribution is 6.80. The van der Waals surface area contributed by atoms with E-state index in [-0.39, 0.29) is 35.3 Å². The predicted molar refractivity (Wildman–Crippen MR) is 95.8 cm³/mol. The maximum absolute atomic E-state index is 12.9. The lowest BCUT2D eigenvalue weighted by atomic mass is 9.84. The molecule has 1 heterocycles. The van der Waals surface area contributed by atoms with Crippen LogP contribution >= 0.6 is 0 Å². The van der Waals surface area contributed by atoms with Crippen molar-refractivity contribution in [1.82, 2.24) is 9.47 Å². The van der Waals surface area contributed by atoms with Crippen LogP contribution in [0.1, 0.15) is 41.0 Å². The number of ketones is 1. The molecule has 1 aliphatic heterocycles. The number of amides is 1. The topological polar surface area (TPSA) is 60.9 Å². The summed E-state index contributed by atoms with van der Waals surface area (Å²) >= 11 is 0. The molecule has 6 heteroatoms. The summed E-state index contributed by atoms with van der Waals surface area (Å²) < 4.78 is 1.90. The number of nitrogens with zero attached hydrogens (tertiary/aromatic N) is 2. The Kier molecular flexibility index (Phi) is 6.58. The Hall–Kier alpha value is -0.723. The molecule has 0 spiro atoms. The van der Waals surface area contributed by atoms with Gasteiger partial charge in [0.2, 0.25) is 5.91 Å². The maximum atomic E-state index is 12.9. The summed E-state index contributed by atoms with van der Waals surface area (Å²) in [6.45, 7) is 16.9. The molecule has 1 N–H and O–H groups in total. The number of carbonyl (C=O) groups excluding carboxylic acids is 2. The Labute approximate surface area is 142 Å². The second-order valence-corrected chi connectivity index (χ2v) is 13.1. The Balaban J connectivity index is 3.05. The minimum absolute atomic E-state index is 0.000570. The van der Waals surface area contributed by atoms with Gasteiger partial charge in [0.1, 0.15) is 0 Å². The van der Waals surface area contributed by atoms with E-state index in [9.17, 15) is 14.7 Å². The summed E-state index contributed by atoms with van der Waals surface area (Å²) in [6, 6.07) is -0.351. The number of aliphatic hydroxyl groups excluding tert-OH is 1. The number of hydrogen-bond donors (Lipinski definition) is 1. The van der Waals surface area contributed by atoms with Gasteiger partial charge in [-0.15, -0.1) is 0 Å². The first-order valence-corrected chi connectivity index (χ1v) is 11.7. The standard InChI is InChI=1S/C17H34N2O3Si/c1-8-18(9-2)12-14(21)15-13(10-11-20)16(22)19(15)23(6,7)17(3,4)5/h13,15,20H,8-12H2,1-7H3/t13-,15+/m1/s1. The van der Waals surface area contributed by atoms with Gasteiger partial charge in [0.05, 0.1) is 18.5 Å². The first kappa shape index (κ1) is 20.3. The molecular formula is C17H34N2O3Si. The van der Waals surface area contributed by atoms with Gasteiger partial charge < -0.3 is 9.67 Å². The minimum Gasteiger partial charge on any atom is -0.396 e. The van der Waals surface area contributed by atoms with E-state index in [1.165, 1.54) is 0 Å². The molecule has 1 aliphatic rings. The van der Waals surface area contributed by atoms with Gasteiger partial charge in [-0.1, -0.05) is 47.7 Å². The van der Waals surface area contributed by atoms with Gasteiger partial charge in [-0.05, 0) is 24.5 Å². The molecule has 0 unspecified atom stereocenters. The molecule has 0 aromatic heterocycles. The largest absolute Gasteiger partial charge is 0.396 e. The summed E-state index contributed by atoms with van der Waals surface area (Å²) in [7, 11) is -2.09. The van der Waals surface area contributed by atoms with Crippen LogP contribution in [0.5, 0.6) is 0 Å². The Morgan fingerprint density at radius 2 is 1.78 bits per heavy atom. The second kappa shape index (κ2) is 7.45. The van der Waals surface area contributed by atoms with Crippen LogP contribution in [0.4, 0.5) is 0 Å². The van der Waals surface area contributed by atoms with Crippen molar-refractivity contribution in [2.75, 3.05) is 26.2 Å². The van der Waals surface area contributed by atoms with Crippen molar-refractivity contribution in [2.24, 2.45) is 5.92 Å². The first-order chi connectivity index (χ1) is 10.5. The fourth-order valence-corrected chi connectivity index (χ4v) is 5.54. The van der Waals surface area contributed by atoms with Crippen molar-refractivity contribution in [3.63, 3.8) is 0 Å². The van der Waals surface area contributed by atoms with Crippen LogP contribution in [-0.2, 0) is 9.59 Å². The normalized spacial score (nSPS) is 22.5. The molecule has 1 rings (SSSR count). The van der Waals surface area contributed by atoms with Gasteiger partial charge in [-0.25, -0.2) is 0 Å². The van der Waals surface area contributed by atoms with Crippen molar-refractivity contribution >= 4 is 19.9 Å². The number of carbonyl (C=O) groups is 2. The zero-order valence-electron chi connectivity index (χ0n) is 15.8. The van der Waals surface area contributed by atoms with Crippen LogP contribution in [0.15, 0.2) is 0 Å². The van der Waals surface area contributed by atoms with Gasteiger partial charge in [-0.2, -0.15) is 0 Å². The number of aliphatic hydroxyl groups is 1. The maximum Gasteiger partial charge on any atom is 0.221 e. The summed E-state index contributed by atoms with van der Waals surface area (Å²) in [6.07, 6.45) is 0.388. The summed E-state index contributed by atoms with van der Waals surface area (Å²) in [4.78, 5) is 27.6. The van der Waals surface area contributed by atoms with Crippen molar-refractivity contribution in [3.8, 4) is 0 Å². The van der Waals surface area contributed by atoms with E-state index in [2.05, 4.69) is 38.8 Å². The molecule has 0 radical (unpaired) electrons. The fraction of sp³-hybridized carbons (Fsp3) is 0.882. The fourth-order valence-electron chi connectivity index (χ4n) is 3.08. The second-order valence-electron chi connectivity index (χ2n) is 8.01. The predicted octanol–water partition coefficient (Wildman–Crippen LogP) is 2.11. The lowest BCUT2D eigenvalue weighted by Crippen LogP contribution is -2.75. The van der Waals surface area contributed by atoms with E-state index in [4.69, 9.17) is 0 Å². The van der Waals surface area contributed by atoms with Crippen molar-refractivity contribution in [1.29, 1.82) is 0 Å². The molecule has 2 atom stereocenters. The van der Waals surface area contributed by atoms with Crippen LogP contribution in [0.2, 0.25) is 18.1 Å². The zero-order chi connectivity index (χ0) is 18.0. The van der Waals surface area contributed by atoms with E-state index < -0.39 is 8.24 Å². The molecular weight excluding hydrogens is 308 g/mol. The van der Waals surface area contributed by atoms with Crippen LogP contribution < -0.4 is 0 Å². The molecule has 0 aliphatic carbocycles. The highest BCUT2D eigenvalue weighted by Crippen LogP contribution is 2.45. The molecule has 5 nitrogen and oxygen atoms in total. The SMILES string of the molecule is CCN(CC)CC(=O)[C@@H]1[C@@H](CCO)C(=O)N1[Si](C)(C)C(C)(C)C. The van der Waals surface area contributed by atoms with E-state index in [0.29, 0.717) is 13.0 Å². The number of Topliss-reactive ketones (excluding diaryl/α,β-unsaturated/α-hetero) is 1. The monoisotopic (exact) mass is 342 g/mol. The Morgan fingerprint density at radius 1 is 1.26 bits per heavy atom. The minimum atomic E-state index is -2.09. The number of β-lactam (4-membered cyclic amide) rings is 1. The van der Waals surface area contributed by atoms with Gasteiger partial charge in [0.25, 0.3) is 0 Å². The quantitative estimate of drug-likeness (QED) is 0.542. The number of rotatable bonds is 8. The average molecular weight is 343 g/mol. The highest BCUT2D eigenvalue weighted by atomic mass is 28.3. The third kappa shape index (κ3) is 3.86. The summed E-state index contributed by atoms with van der Waals surface area (Å²) in [5, 5.41) is 9.26. The van der Waals surface area contributed by atoms with Crippen molar-refractivity contribution in [2.45, 2.75) is 65.2 Å². The van der Waals surface area contributed by atoms with Crippen molar-refractivity contribution < 1.29 is 14.7 Å². The van der Waals surface area contributed by atoms with Gasteiger partial charge in [0.15, 0.2) is 14.0 Å². The Bertz CT molecular complexity index is 442. The number of hydrogen-bond acceptors (Lipinski definition) is 4. The molecule has 0 saturated carbocycles. The Morgan fingerprint density at radius 3 is 2.17 bits per heavy atom. The van der Waals surface area contributed by atoms with Crippen molar-refractivity contribution in [3.05, 3.63) is 0 Å². The molecule has 1 fully saturated rings. The molecule has 134 valence electrons. The lowest BCUT2D eigenvalue weighted by Gasteiger charge is -2.58. The molecule has 1 amide bonds. The summed E-state index contributed by atoms with van der Waals surface area (Å²) in [5.74, 6) is -0.155. The van der Waals surface area contributed by atoms with E-state index >= 15 is 0 Å². The lowest BCUT2D eigenvalue weighted by molar-refractivity contribution is -0.156. The van der Waals surface area contributed by atoms with Gasteiger partial charge in [0, 0.05) is 6.61 Å².